The molecule has 0 saturated heterocycles. The zero-order valence-corrected chi connectivity index (χ0v) is 10.8. The van der Waals surface area contributed by atoms with Gasteiger partial charge in [0.05, 0.1) is 12.2 Å². The fourth-order valence-corrected chi connectivity index (χ4v) is 2.58. The molecule has 2 rings (SSSR count). The van der Waals surface area contributed by atoms with Crippen LogP contribution >= 0.6 is 0 Å². The molecule has 0 amide bonds. The summed E-state index contributed by atoms with van der Waals surface area (Å²) in [6, 6.07) is 8.22. The molecule has 0 spiro atoms. The van der Waals surface area contributed by atoms with E-state index in [1.54, 1.807) is 24.4 Å². The molecule has 0 aliphatic rings. The Morgan fingerprint density at radius 3 is 2.58 bits per heavy atom. The minimum Gasteiger partial charge on any atom is -0.307 e. The van der Waals surface area contributed by atoms with E-state index < -0.39 is 10.0 Å². The molecular formula is C11H13N5O2S. The standard InChI is InChI=1S/C11H13N5O2S/c12-16-11-10(5-3-7-14-11)19(17,18)15-8-9-4-1-2-6-13-9/h1-7,15H,8,12H2,(H,14,16). The van der Waals surface area contributed by atoms with Crippen LogP contribution in [0.3, 0.4) is 0 Å². The Balaban J connectivity index is 2.19. The number of nitrogens with two attached hydrogens (primary N) is 1. The zero-order valence-electron chi connectivity index (χ0n) is 9.95. The van der Waals surface area contributed by atoms with E-state index in [-0.39, 0.29) is 17.3 Å². The van der Waals surface area contributed by atoms with Crippen molar-refractivity contribution in [1.29, 1.82) is 0 Å². The van der Waals surface area contributed by atoms with Crippen molar-refractivity contribution in [3.8, 4) is 0 Å². The molecule has 0 radical (unpaired) electrons. The van der Waals surface area contributed by atoms with Crippen LogP contribution in [0.2, 0.25) is 0 Å². The van der Waals surface area contributed by atoms with E-state index in [1.165, 1.54) is 18.3 Å². The molecule has 8 heteroatoms. The highest BCUT2D eigenvalue weighted by atomic mass is 32.2. The van der Waals surface area contributed by atoms with E-state index >= 15 is 0 Å². The SMILES string of the molecule is NNc1ncccc1S(=O)(=O)NCc1ccccn1. The fraction of sp³-hybridized carbons (Fsp3) is 0.0909. The first kappa shape index (κ1) is 13.4. The first-order valence-electron chi connectivity index (χ1n) is 5.44. The van der Waals surface area contributed by atoms with Gasteiger partial charge in [-0.25, -0.2) is 24.0 Å². The number of hydrogen-bond donors (Lipinski definition) is 3. The maximum atomic E-state index is 12.1. The Labute approximate surface area is 110 Å². The topological polar surface area (TPSA) is 110 Å². The number of sulfonamides is 1. The Bertz CT molecular complexity index is 645. The molecule has 0 aromatic carbocycles. The number of rotatable bonds is 5. The van der Waals surface area contributed by atoms with Gasteiger partial charge in [0, 0.05) is 12.4 Å². The monoisotopic (exact) mass is 279 g/mol. The molecule has 7 nitrogen and oxygen atoms in total. The normalized spacial score (nSPS) is 11.2. The largest absolute Gasteiger partial charge is 0.307 e. The van der Waals surface area contributed by atoms with Crippen LogP contribution in [-0.4, -0.2) is 18.4 Å². The second-order valence-electron chi connectivity index (χ2n) is 3.64. The van der Waals surface area contributed by atoms with Crippen LogP contribution in [0, 0.1) is 0 Å². The maximum absolute atomic E-state index is 12.1. The van der Waals surface area contributed by atoms with Gasteiger partial charge in [-0.05, 0) is 24.3 Å². The van der Waals surface area contributed by atoms with E-state index in [1.807, 2.05) is 0 Å². The van der Waals surface area contributed by atoms with Crippen LogP contribution in [0.1, 0.15) is 5.69 Å². The van der Waals surface area contributed by atoms with Crippen molar-refractivity contribution in [2.24, 2.45) is 5.84 Å². The smallest absolute Gasteiger partial charge is 0.244 e. The number of nitrogens with one attached hydrogen (secondary N) is 2. The van der Waals surface area contributed by atoms with Gasteiger partial charge in [0.2, 0.25) is 10.0 Å². The minimum absolute atomic E-state index is 0.00608. The highest BCUT2D eigenvalue weighted by Crippen LogP contribution is 2.16. The lowest BCUT2D eigenvalue weighted by Crippen LogP contribution is -2.25. The summed E-state index contributed by atoms with van der Waals surface area (Å²) in [4.78, 5) is 7.88. The first-order chi connectivity index (χ1) is 9.13. The number of hydrazine groups is 1. The number of pyridine rings is 2. The Kier molecular flexibility index (Phi) is 4.05. The molecule has 2 heterocycles. The Morgan fingerprint density at radius 1 is 1.11 bits per heavy atom. The van der Waals surface area contributed by atoms with Gasteiger partial charge in [0.1, 0.15) is 4.90 Å². The van der Waals surface area contributed by atoms with Gasteiger partial charge in [0.15, 0.2) is 5.82 Å². The third-order valence-corrected chi connectivity index (χ3v) is 3.80. The van der Waals surface area contributed by atoms with Crippen molar-refractivity contribution < 1.29 is 8.42 Å². The number of anilines is 1. The number of nitrogens with zero attached hydrogens (tertiary/aromatic N) is 2. The van der Waals surface area contributed by atoms with Gasteiger partial charge in [-0.15, -0.1) is 0 Å². The summed E-state index contributed by atoms with van der Waals surface area (Å²) in [5, 5.41) is 0. The van der Waals surface area contributed by atoms with Gasteiger partial charge in [-0.2, -0.15) is 0 Å². The van der Waals surface area contributed by atoms with Crippen LogP contribution in [0.4, 0.5) is 5.82 Å². The summed E-state index contributed by atoms with van der Waals surface area (Å²) in [5.74, 6) is 5.33. The molecular weight excluding hydrogens is 266 g/mol. The molecule has 100 valence electrons. The summed E-state index contributed by atoms with van der Waals surface area (Å²) in [5.41, 5.74) is 2.88. The Hall–Kier alpha value is -2.03. The number of nitrogen functional groups attached to an aromatic ring is 1. The molecule has 0 atom stereocenters. The molecule has 0 aliphatic heterocycles. The predicted molar refractivity (Wildman–Crippen MR) is 70.3 cm³/mol. The molecule has 0 fully saturated rings. The predicted octanol–water partition coefficient (Wildman–Crippen LogP) is 0.241. The lowest BCUT2D eigenvalue weighted by Gasteiger charge is -2.09. The molecule has 19 heavy (non-hydrogen) atoms. The second-order valence-corrected chi connectivity index (χ2v) is 5.38. The van der Waals surface area contributed by atoms with Crippen LogP contribution in [0.25, 0.3) is 0 Å². The quantitative estimate of drug-likeness (QED) is 0.534. The van der Waals surface area contributed by atoms with Crippen molar-refractivity contribution in [1.82, 2.24) is 14.7 Å². The van der Waals surface area contributed by atoms with E-state index in [0.29, 0.717) is 5.69 Å². The Morgan fingerprint density at radius 2 is 1.89 bits per heavy atom. The van der Waals surface area contributed by atoms with E-state index in [9.17, 15) is 8.42 Å². The first-order valence-corrected chi connectivity index (χ1v) is 6.93. The molecule has 0 bridgehead atoms. The van der Waals surface area contributed by atoms with Crippen LogP contribution in [0.15, 0.2) is 47.6 Å². The van der Waals surface area contributed by atoms with Crippen molar-refractivity contribution in [2.45, 2.75) is 11.4 Å². The summed E-state index contributed by atoms with van der Waals surface area (Å²) < 4.78 is 26.7. The third kappa shape index (κ3) is 3.25. The van der Waals surface area contributed by atoms with Crippen LogP contribution < -0.4 is 16.0 Å². The molecule has 2 aromatic heterocycles. The summed E-state index contributed by atoms with van der Waals surface area (Å²) in [6.07, 6.45) is 3.05. The molecule has 2 aromatic rings. The maximum Gasteiger partial charge on any atom is 0.244 e. The van der Waals surface area contributed by atoms with Crippen molar-refractivity contribution in [2.75, 3.05) is 5.43 Å². The van der Waals surface area contributed by atoms with Gasteiger partial charge < -0.3 is 5.43 Å². The zero-order chi connectivity index (χ0) is 13.7. The van der Waals surface area contributed by atoms with Crippen LogP contribution in [-0.2, 0) is 16.6 Å². The second kappa shape index (κ2) is 5.74. The van der Waals surface area contributed by atoms with E-state index in [2.05, 4.69) is 20.1 Å². The van der Waals surface area contributed by atoms with Gasteiger partial charge in [-0.3, -0.25) is 4.98 Å². The van der Waals surface area contributed by atoms with Gasteiger partial charge in [-0.1, -0.05) is 6.07 Å². The van der Waals surface area contributed by atoms with Crippen LogP contribution in [0.5, 0.6) is 0 Å². The van der Waals surface area contributed by atoms with E-state index in [0.717, 1.165) is 0 Å². The highest BCUT2D eigenvalue weighted by molar-refractivity contribution is 7.89. The van der Waals surface area contributed by atoms with E-state index in [4.69, 9.17) is 5.84 Å². The average Bonchev–Trinajstić information content (AvgIpc) is 2.46. The number of aromatic nitrogens is 2. The fourth-order valence-electron chi connectivity index (χ4n) is 1.47. The minimum atomic E-state index is -3.70. The van der Waals surface area contributed by atoms with Crippen molar-refractivity contribution in [3.05, 3.63) is 48.4 Å². The summed E-state index contributed by atoms with van der Waals surface area (Å²) in [6.45, 7) is 0.0993. The van der Waals surface area contributed by atoms with Crippen molar-refractivity contribution >= 4 is 15.8 Å². The van der Waals surface area contributed by atoms with Gasteiger partial charge in [0.25, 0.3) is 0 Å². The number of hydrogen-bond acceptors (Lipinski definition) is 6. The molecule has 4 N–H and O–H groups in total. The lowest BCUT2D eigenvalue weighted by atomic mass is 10.4. The highest BCUT2D eigenvalue weighted by Gasteiger charge is 2.18. The van der Waals surface area contributed by atoms with Crippen molar-refractivity contribution in [3.63, 3.8) is 0 Å². The van der Waals surface area contributed by atoms with Gasteiger partial charge >= 0.3 is 0 Å². The molecule has 0 unspecified atom stereocenters. The summed E-state index contributed by atoms with van der Waals surface area (Å²) >= 11 is 0. The molecule has 0 saturated carbocycles. The third-order valence-electron chi connectivity index (χ3n) is 2.37. The summed E-state index contributed by atoms with van der Waals surface area (Å²) in [7, 11) is -3.70. The molecule has 0 aliphatic carbocycles. The lowest BCUT2D eigenvalue weighted by molar-refractivity contribution is 0.580. The average molecular weight is 279 g/mol.